The summed E-state index contributed by atoms with van der Waals surface area (Å²) in [6.45, 7) is 5.91. The number of rotatable bonds is 8. The fourth-order valence-corrected chi connectivity index (χ4v) is 2.98. The largest absolute Gasteiger partial charge is 0.496 e. The highest BCUT2D eigenvalue weighted by atomic mass is 16.5. The van der Waals surface area contributed by atoms with Crippen molar-refractivity contribution in [2.45, 2.75) is 38.8 Å². The number of ether oxygens (including phenoxy) is 2. The summed E-state index contributed by atoms with van der Waals surface area (Å²) in [5.41, 5.74) is 8.48. The molecule has 2 unspecified atom stereocenters. The molecule has 0 amide bonds. The molecule has 0 spiro atoms. The first-order valence-electron chi connectivity index (χ1n) is 7.78. The second kappa shape index (κ2) is 7.14. The average molecular weight is 292 g/mol. The maximum atomic E-state index is 6.21. The van der Waals surface area contributed by atoms with E-state index in [0.717, 1.165) is 23.8 Å². The Morgan fingerprint density at radius 3 is 2.52 bits per heavy atom. The van der Waals surface area contributed by atoms with Gasteiger partial charge in [0.15, 0.2) is 0 Å². The van der Waals surface area contributed by atoms with E-state index in [1.807, 2.05) is 19.1 Å². The van der Waals surface area contributed by atoms with Crippen molar-refractivity contribution < 1.29 is 9.47 Å². The molecular weight excluding hydrogens is 264 g/mol. The SMILES string of the molecule is COCCN(c1cccc(OC)c1C(C)N)C(C)C1CC1. The molecule has 4 heteroatoms. The standard InChI is InChI=1S/C17H28N2O2/c1-12(18)17-15(6-5-7-16(17)21-4)19(10-11-20-3)13(2)14-8-9-14/h5-7,12-14H,8-11,18H2,1-4H3. The van der Waals surface area contributed by atoms with Crippen LogP contribution in [0.3, 0.4) is 0 Å². The first-order valence-corrected chi connectivity index (χ1v) is 7.78. The molecule has 2 atom stereocenters. The van der Waals surface area contributed by atoms with Crippen molar-refractivity contribution in [2.75, 3.05) is 32.3 Å². The van der Waals surface area contributed by atoms with E-state index in [-0.39, 0.29) is 6.04 Å². The van der Waals surface area contributed by atoms with E-state index in [1.54, 1.807) is 14.2 Å². The van der Waals surface area contributed by atoms with Gasteiger partial charge >= 0.3 is 0 Å². The van der Waals surface area contributed by atoms with E-state index in [1.165, 1.54) is 18.5 Å². The maximum Gasteiger partial charge on any atom is 0.125 e. The number of methoxy groups -OCH3 is 2. The molecule has 1 aromatic rings. The van der Waals surface area contributed by atoms with Crippen molar-refractivity contribution in [3.05, 3.63) is 23.8 Å². The molecule has 0 radical (unpaired) electrons. The third-order valence-electron chi connectivity index (χ3n) is 4.36. The second-order valence-corrected chi connectivity index (χ2v) is 5.95. The Labute approximate surface area is 128 Å². The van der Waals surface area contributed by atoms with Crippen LogP contribution in [0.4, 0.5) is 5.69 Å². The lowest BCUT2D eigenvalue weighted by molar-refractivity contribution is 0.202. The van der Waals surface area contributed by atoms with Crippen LogP contribution in [0.2, 0.25) is 0 Å². The zero-order valence-electron chi connectivity index (χ0n) is 13.6. The monoisotopic (exact) mass is 292 g/mol. The van der Waals surface area contributed by atoms with Crippen molar-refractivity contribution in [3.63, 3.8) is 0 Å². The fourth-order valence-electron chi connectivity index (χ4n) is 2.98. The van der Waals surface area contributed by atoms with Crippen molar-refractivity contribution in [3.8, 4) is 5.75 Å². The van der Waals surface area contributed by atoms with E-state index in [4.69, 9.17) is 15.2 Å². The molecule has 1 aliphatic carbocycles. The van der Waals surface area contributed by atoms with Gasteiger partial charge in [0.05, 0.1) is 13.7 Å². The zero-order valence-corrected chi connectivity index (χ0v) is 13.6. The number of anilines is 1. The van der Waals surface area contributed by atoms with Crippen LogP contribution in [0.25, 0.3) is 0 Å². The number of nitrogens with zero attached hydrogens (tertiary/aromatic N) is 1. The highest BCUT2D eigenvalue weighted by Crippen LogP contribution is 2.40. The van der Waals surface area contributed by atoms with E-state index < -0.39 is 0 Å². The van der Waals surface area contributed by atoms with Gasteiger partial charge in [0.1, 0.15) is 5.75 Å². The van der Waals surface area contributed by atoms with Gasteiger partial charge in [0.25, 0.3) is 0 Å². The van der Waals surface area contributed by atoms with Crippen molar-refractivity contribution in [1.82, 2.24) is 0 Å². The normalized spacial score (nSPS) is 17.4. The number of benzene rings is 1. The number of nitrogens with two attached hydrogens (primary N) is 1. The first kappa shape index (κ1) is 16.1. The maximum absolute atomic E-state index is 6.21. The summed E-state index contributed by atoms with van der Waals surface area (Å²) in [6.07, 6.45) is 2.64. The van der Waals surface area contributed by atoms with Crippen molar-refractivity contribution in [2.24, 2.45) is 11.7 Å². The summed E-state index contributed by atoms with van der Waals surface area (Å²) in [5, 5.41) is 0. The van der Waals surface area contributed by atoms with Gasteiger partial charge in [-0.05, 0) is 44.7 Å². The lowest BCUT2D eigenvalue weighted by Gasteiger charge is -2.34. The molecule has 1 aliphatic rings. The molecule has 1 aromatic carbocycles. The minimum atomic E-state index is -0.0624. The second-order valence-electron chi connectivity index (χ2n) is 5.95. The third kappa shape index (κ3) is 3.69. The van der Waals surface area contributed by atoms with Gasteiger partial charge in [-0.1, -0.05) is 6.07 Å². The minimum absolute atomic E-state index is 0.0624. The van der Waals surface area contributed by atoms with Crippen molar-refractivity contribution >= 4 is 5.69 Å². The highest BCUT2D eigenvalue weighted by Gasteiger charge is 2.33. The van der Waals surface area contributed by atoms with Crippen LogP contribution in [-0.2, 0) is 4.74 Å². The average Bonchev–Trinajstić information content (AvgIpc) is 3.31. The summed E-state index contributed by atoms with van der Waals surface area (Å²) in [7, 11) is 3.45. The smallest absolute Gasteiger partial charge is 0.125 e. The lowest BCUT2D eigenvalue weighted by Crippen LogP contribution is -2.38. The van der Waals surface area contributed by atoms with Gasteiger partial charge in [-0.15, -0.1) is 0 Å². The van der Waals surface area contributed by atoms with Crippen LogP contribution in [0.5, 0.6) is 5.75 Å². The van der Waals surface area contributed by atoms with Crippen LogP contribution < -0.4 is 15.4 Å². The Balaban J connectivity index is 2.37. The molecule has 2 N–H and O–H groups in total. The van der Waals surface area contributed by atoms with Gasteiger partial charge in [0, 0.05) is 37.0 Å². The van der Waals surface area contributed by atoms with Gasteiger partial charge in [-0.3, -0.25) is 0 Å². The fraction of sp³-hybridized carbons (Fsp3) is 0.647. The zero-order chi connectivity index (χ0) is 15.4. The lowest BCUT2D eigenvalue weighted by atomic mass is 10.0. The molecule has 1 saturated carbocycles. The predicted octanol–water partition coefficient (Wildman–Crippen LogP) is 2.97. The molecule has 21 heavy (non-hydrogen) atoms. The van der Waals surface area contributed by atoms with E-state index in [9.17, 15) is 0 Å². The molecule has 0 bridgehead atoms. The minimum Gasteiger partial charge on any atom is -0.496 e. The molecule has 1 fully saturated rings. The molecule has 2 rings (SSSR count). The van der Waals surface area contributed by atoms with Crippen molar-refractivity contribution in [1.29, 1.82) is 0 Å². The molecule has 118 valence electrons. The number of hydrogen-bond donors (Lipinski definition) is 1. The van der Waals surface area contributed by atoms with Crippen LogP contribution in [0.15, 0.2) is 18.2 Å². The van der Waals surface area contributed by atoms with Gasteiger partial charge in [-0.25, -0.2) is 0 Å². The Morgan fingerprint density at radius 1 is 1.29 bits per heavy atom. The molecule has 4 nitrogen and oxygen atoms in total. The molecule has 0 heterocycles. The van der Waals surface area contributed by atoms with Gasteiger partial charge in [-0.2, -0.15) is 0 Å². The quantitative estimate of drug-likeness (QED) is 0.800. The van der Waals surface area contributed by atoms with E-state index in [2.05, 4.69) is 17.9 Å². The Kier molecular flexibility index (Phi) is 5.48. The summed E-state index contributed by atoms with van der Waals surface area (Å²) >= 11 is 0. The molecular formula is C17H28N2O2. The summed E-state index contributed by atoms with van der Waals surface area (Å²) in [5.74, 6) is 1.65. The van der Waals surface area contributed by atoms with Crippen LogP contribution in [-0.4, -0.2) is 33.4 Å². The topological polar surface area (TPSA) is 47.7 Å². The Morgan fingerprint density at radius 2 is 2.00 bits per heavy atom. The molecule has 0 aromatic heterocycles. The van der Waals surface area contributed by atoms with Crippen LogP contribution in [0, 0.1) is 5.92 Å². The summed E-state index contributed by atoms with van der Waals surface area (Å²) in [6, 6.07) is 6.62. The predicted molar refractivity (Wildman–Crippen MR) is 87.0 cm³/mol. The van der Waals surface area contributed by atoms with E-state index in [0.29, 0.717) is 12.6 Å². The van der Waals surface area contributed by atoms with Crippen LogP contribution in [0.1, 0.15) is 38.3 Å². The van der Waals surface area contributed by atoms with Gasteiger partial charge in [0.2, 0.25) is 0 Å². The molecule has 0 aliphatic heterocycles. The summed E-state index contributed by atoms with van der Waals surface area (Å²) < 4.78 is 10.8. The van der Waals surface area contributed by atoms with Crippen LogP contribution >= 0.6 is 0 Å². The third-order valence-corrected chi connectivity index (χ3v) is 4.36. The summed E-state index contributed by atoms with van der Waals surface area (Å²) in [4.78, 5) is 2.43. The first-order chi connectivity index (χ1) is 10.1. The van der Waals surface area contributed by atoms with Gasteiger partial charge < -0.3 is 20.1 Å². The highest BCUT2D eigenvalue weighted by molar-refractivity contribution is 5.61. The Bertz CT molecular complexity index is 458. The van der Waals surface area contributed by atoms with E-state index >= 15 is 0 Å². The molecule has 0 saturated heterocycles. The number of hydrogen-bond acceptors (Lipinski definition) is 4. The Hall–Kier alpha value is -1.26.